The van der Waals surface area contributed by atoms with Crippen LogP contribution in [0.25, 0.3) is 0 Å². The van der Waals surface area contributed by atoms with Gasteiger partial charge >= 0.3 is 0 Å². The molecule has 0 radical (unpaired) electrons. The third kappa shape index (κ3) is 3.95. The number of ether oxygens (including phenoxy) is 1. The lowest BCUT2D eigenvalue weighted by Crippen LogP contribution is -2.02. The minimum absolute atomic E-state index is 0.00906. The molecule has 108 valence electrons. The maximum absolute atomic E-state index is 12.1. The molecule has 0 aliphatic heterocycles. The van der Waals surface area contributed by atoms with Crippen LogP contribution in [0.5, 0.6) is 5.75 Å². The van der Waals surface area contributed by atoms with E-state index in [1.165, 1.54) is 18.7 Å². The number of Topliss-reactive ketones (excluding diaryl/α,β-unsaturated/α-hetero) is 2. The van der Waals surface area contributed by atoms with Gasteiger partial charge in [-0.05, 0) is 19.1 Å². The minimum atomic E-state index is -0.00906. The normalized spacial score (nSPS) is 10.2. The van der Waals surface area contributed by atoms with E-state index in [9.17, 15) is 9.59 Å². The van der Waals surface area contributed by atoms with Gasteiger partial charge in [-0.3, -0.25) is 9.59 Å². The van der Waals surface area contributed by atoms with Gasteiger partial charge in [0.1, 0.15) is 5.75 Å². The fourth-order valence-corrected chi connectivity index (χ4v) is 2.76. The second kappa shape index (κ2) is 7.09. The summed E-state index contributed by atoms with van der Waals surface area (Å²) < 4.78 is 5.29. The lowest BCUT2D eigenvalue weighted by molar-refractivity contribution is 0.101. The second-order valence-electron chi connectivity index (χ2n) is 4.50. The molecule has 2 rings (SSSR count). The first-order valence-corrected chi connectivity index (χ1v) is 7.50. The molecule has 3 nitrogen and oxygen atoms in total. The summed E-state index contributed by atoms with van der Waals surface area (Å²) in [4.78, 5) is 24.3. The van der Waals surface area contributed by atoms with Crippen LogP contribution in [0.3, 0.4) is 0 Å². The molecule has 0 atom stereocenters. The number of hydrogen-bond acceptors (Lipinski definition) is 4. The molecule has 0 fully saturated rings. The Labute approximate surface area is 128 Å². The SMILES string of the molecule is COc1cc(C(C)=O)ccc1SCC(=O)c1ccccc1. The molecule has 0 aliphatic rings. The van der Waals surface area contributed by atoms with Gasteiger partial charge in [0.25, 0.3) is 0 Å². The monoisotopic (exact) mass is 300 g/mol. The fraction of sp³-hybridized carbons (Fsp3) is 0.176. The molecule has 0 bridgehead atoms. The van der Waals surface area contributed by atoms with Crippen LogP contribution in [0.1, 0.15) is 27.6 Å². The van der Waals surface area contributed by atoms with Crippen LogP contribution in [0.4, 0.5) is 0 Å². The molecule has 2 aromatic carbocycles. The topological polar surface area (TPSA) is 43.4 Å². The summed E-state index contributed by atoms with van der Waals surface area (Å²) in [6.07, 6.45) is 0. The largest absolute Gasteiger partial charge is 0.496 e. The van der Waals surface area contributed by atoms with E-state index in [-0.39, 0.29) is 11.6 Å². The van der Waals surface area contributed by atoms with E-state index in [0.717, 1.165) is 4.90 Å². The molecule has 0 saturated heterocycles. The standard InChI is InChI=1S/C17H16O3S/c1-12(18)14-8-9-17(16(10-14)20-2)21-11-15(19)13-6-4-3-5-7-13/h3-10H,11H2,1-2H3. The van der Waals surface area contributed by atoms with Gasteiger partial charge in [0.15, 0.2) is 11.6 Å². The van der Waals surface area contributed by atoms with Crippen molar-refractivity contribution in [3.05, 3.63) is 59.7 Å². The molecule has 0 N–H and O–H groups in total. The number of thioether (sulfide) groups is 1. The van der Waals surface area contributed by atoms with Gasteiger partial charge in [0.05, 0.1) is 12.9 Å². The van der Waals surface area contributed by atoms with E-state index in [0.29, 0.717) is 22.6 Å². The first kappa shape index (κ1) is 15.3. The van der Waals surface area contributed by atoms with Gasteiger partial charge in [-0.2, -0.15) is 0 Å². The van der Waals surface area contributed by atoms with E-state index in [1.807, 2.05) is 24.3 Å². The highest BCUT2D eigenvalue weighted by Gasteiger charge is 2.11. The first-order chi connectivity index (χ1) is 10.1. The number of hydrogen-bond donors (Lipinski definition) is 0. The van der Waals surface area contributed by atoms with E-state index in [4.69, 9.17) is 4.74 Å². The third-order valence-electron chi connectivity index (χ3n) is 3.02. The summed E-state index contributed by atoms with van der Waals surface area (Å²) in [6, 6.07) is 14.5. The third-order valence-corrected chi connectivity index (χ3v) is 4.08. The Morgan fingerprint density at radius 1 is 1.05 bits per heavy atom. The van der Waals surface area contributed by atoms with E-state index < -0.39 is 0 Å². The maximum atomic E-state index is 12.1. The fourth-order valence-electron chi connectivity index (χ4n) is 1.86. The van der Waals surface area contributed by atoms with Gasteiger partial charge in [-0.25, -0.2) is 0 Å². The molecule has 0 heterocycles. The molecule has 0 amide bonds. The average molecular weight is 300 g/mol. The second-order valence-corrected chi connectivity index (χ2v) is 5.52. The van der Waals surface area contributed by atoms with Crippen LogP contribution in [0.15, 0.2) is 53.4 Å². The highest BCUT2D eigenvalue weighted by Crippen LogP contribution is 2.30. The van der Waals surface area contributed by atoms with E-state index in [2.05, 4.69) is 0 Å². The van der Waals surface area contributed by atoms with Crippen molar-refractivity contribution in [2.75, 3.05) is 12.9 Å². The average Bonchev–Trinajstić information content (AvgIpc) is 2.53. The van der Waals surface area contributed by atoms with Crippen LogP contribution >= 0.6 is 11.8 Å². The van der Waals surface area contributed by atoms with Crippen molar-refractivity contribution in [1.82, 2.24) is 0 Å². The van der Waals surface area contributed by atoms with Gasteiger partial charge in [-0.15, -0.1) is 11.8 Å². The highest BCUT2D eigenvalue weighted by molar-refractivity contribution is 8.00. The number of carbonyl (C=O) groups is 2. The highest BCUT2D eigenvalue weighted by atomic mass is 32.2. The summed E-state index contributed by atoms with van der Waals surface area (Å²) in [5, 5.41) is 0. The molecule has 4 heteroatoms. The van der Waals surface area contributed by atoms with Crippen molar-refractivity contribution in [3.63, 3.8) is 0 Å². The van der Waals surface area contributed by atoms with Crippen molar-refractivity contribution >= 4 is 23.3 Å². The zero-order valence-electron chi connectivity index (χ0n) is 12.0. The number of methoxy groups -OCH3 is 1. The molecule has 0 unspecified atom stereocenters. The lowest BCUT2D eigenvalue weighted by Gasteiger charge is -2.09. The molecule has 2 aromatic rings. The molecule has 0 saturated carbocycles. The minimum Gasteiger partial charge on any atom is -0.496 e. The van der Waals surface area contributed by atoms with Gasteiger partial charge in [0, 0.05) is 16.0 Å². The predicted octanol–water partition coefficient (Wildman–Crippen LogP) is 3.87. The van der Waals surface area contributed by atoms with Gasteiger partial charge < -0.3 is 4.74 Å². The Balaban J connectivity index is 2.10. The van der Waals surface area contributed by atoms with Gasteiger partial charge in [-0.1, -0.05) is 36.4 Å². The molecule has 0 aromatic heterocycles. The number of carbonyl (C=O) groups excluding carboxylic acids is 2. The van der Waals surface area contributed by atoms with Crippen LogP contribution in [-0.4, -0.2) is 24.4 Å². The Morgan fingerprint density at radius 3 is 2.38 bits per heavy atom. The summed E-state index contributed by atoms with van der Waals surface area (Å²) in [5.74, 6) is 1.01. The number of rotatable bonds is 6. The number of benzene rings is 2. The molecule has 21 heavy (non-hydrogen) atoms. The van der Waals surface area contributed by atoms with E-state index in [1.54, 1.807) is 31.4 Å². The van der Waals surface area contributed by atoms with Crippen LogP contribution < -0.4 is 4.74 Å². The smallest absolute Gasteiger partial charge is 0.173 e. The summed E-state index contributed by atoms with van der Waals surface area (Å²) >= 11 is 1.41. The van der Waals surface area contributed by atoms with Crippen molar-refractivity contribution in [3.8, 4) is 5.75 Å². The Hall–Kier alpha value is -2.07. The molecular weight excluding hydrogens is 284 g/mol. The summed E-state index contributed by atoms with van der Waals surface area (Å²) in [7, 11) is 1.56. The van der Waals surface area contributed by atoms with Crippen LogP contribution in [-0.2, 0) is 0 Å². The Bertz CT molecular complexity index is 650. The van der Waals surface area contributed by atoms with Gasteiger partial charge in [0.2, 0.25) is 0 Å². The maximum Gasteiger partial charge on any atom is 0.173 e. The summed E-state index contributed by atoms with van der Waals surface area (Å²) in [5.41, 5.74) is 1.30. The predicted molar refractivity (Wildman–Crippen MR) is 84.5 cm³/mol. The number of ketones is 2. The van der Waals surface area contributed by atoms with Crippen molar-refractivity contribution < 1.29 is 14.3 Å². The Morgan fingerprint density at radius 2 is 1.76 bits per heavy atom. The first-order valence-electron chi connectivity index (χ1n) is 6.52. The quantitative estimate of drug-likeness (QED) is 0.600. The Kier molecular flexibility index (Phi) is 5.17. The zero-order chi connectivity index (χ0) is 15.2. The molecular formula is C17H16O3S. The molecule has 0 spiro atoms. The zero-order valence-corrected chi connectivity index (χ0v) is 12.8. The van der Waals surface area contributed by atoms with Crippen molar-refractivity contribution in [1.29, 1.82) is 0 Å². The molecule has 0 aliphatic carbocycles. The van der Waals surface area contributed by atoms with Crippen LogP contribution in [0.2, 0.25) is 0 Å². The van der Waals surface area contributed by atoms with E-state index >= 15 is 0 Å². The van der Waals surface area contributed by atoms with Crippen LogP contribution in [0, 0.1) is 0 Å². The summed E-state index contributed by atoms with van der Waals surface area (Å²) in [6.45, 7) is 1.51. The van der Waals surface area contributed by atoms with Crippen molar-refractivity contribution in [2.24, 2.45) is 0 Å². The lowest BCUT2D eigenvalue weighted by atomic mass is 10.1. The van der Waals surface area contributed by atoms with Crippen molar-refractivity contribution in [2.45, 2.75) is 11.8 Å².